The fourth-order valence-corrected chi connectivity index (χ4v) is 6.44. The van der Waals surface area contributed by atoms with Crippen LogP contribution in [0.25, 0.3) is 0 Å². The number of fused-ring (bicyclic) bond motifs is 2. The summed E-state index contributed by atoms with van der Waals surface area (Å²) in [4.78, 5) is 11.2. The zero-order valence-electron chi connectivity index (χ0n) is 23.5. The monoisotopic (exact) mass is 644 g/mol. The third kappa shape index (κ3) is 8.45. The third-order valence-electron chi connectivity index (χ3n) is 7.26. The third-order valence-corrected chi connectivity index (χ3v) is 8.84. The van der Waals surface area contributed by atoms with Gasteiger partial charge in [0, 0.05) is 60.1 Å². The van der Waals surface area contributed by atoms with Crippen molar-refractivity contribution < 1.29 is 81.9 Å². The van der Waals surface area contributed by atoms with E-state index in [0.717, 1.165) is 34.2 Å². The second-order valence-electron chi connectivity index (χ2n) is 10.8. The number of anilines is 1. The van der Waals surface area contributed by atoms with Crippen molar-refractivity contribution in [2.75, 3.05) is 29.5 Å². The molecule has 226 valence electrons. The van der Waals surface area contributed by atoms with Crippen molar-refractivity contribution in [1.82, 2.24) is 9.97 Å². The van der Waals surface area contributed by atoms with E-state index in [0.29, 0.717) is 13.1 Å². The molecule has 4 rings (SSSR count). The molecule has 13 heteroatoms. The zero-order valence-corrected chi connectivity index (χ0v) is 28.2. The van der Waals surface area contributed by atoms with Crippen LogP contribution in [-0.4, -0.2) is 70.8 Å². The Morgan fingerprint density at radius 2 is 1.45 bits per heavy atom. The molecule has 0 saturated heterocycles. The maximum atomic E-state index is 11.2. The molecule has 2 aliphatic rings. The molecule has 0 fully saturated rings. The second kappa shape index (κ2) is 14.7. The smallest absolute Gasteiger partial charge is 0.748 e. The summed E-state index contributed by atoms with van der Waals surface area (Å²) in [6.07, 6.45) is 9.65. The summed E-state index contributed by atoms with van der Waals surface area (Å²) in [6.45, 7) is 8.87. The maximum Gasteiger partial charge on any atom is 1.00 e. The van der Waals surface area contributed by atoms with Crippen LogP contribution in [0.2, 0.25) is 0 Å². The van der Waals surface area contributed by atoms with Crippen LogP contribution < -0.4 is 56.3 Å². The normalized spacial score (nSPS) is 17.9. The molecule has 0 N–H and O–H groups in total. The minimum Gasteiger partial charge on any atom is -0.748 e. The van der Waals surface area contributed by atoms with Crippen molar-refractivity contribution in [3.05, 3.63) is 72.0 Å². The first-order valence-corrected chi connectivity index (χ1v) is 15.9. The quantitative estimate of drug-likeness (QED) is 0.212. The van der Waals surface area contributed by atoms with E-state index >= 15 is 0 Å². The number of rotatable bonds is 10. The van der Waals surface area contributed by atoms with Gasteiger partial charge >= 0.3 is 51.4 Å². The SMILES string of the molecule is C.C.CC1(C)C(/C=C/C=C2/N(CCCS(=O)(=O)[O-])c3cccnc3C2(C)C)=[N+](CCCS(=O)(=O)[O-])c2cccnc21.[K+]. The fraction of sp³-hybridized carbons (Fsp3) is 0.483. The largest absolute Gasteiger partial charge is 1.00 e. The summed E-state index contributed by atoms with van der Waals surface area (Å²) < 4.78 is 69.3. The van der Waals surface area contributed by atoms with Gasteiger partial charge in [0.15, 0.2) is 5.71 Å². The van der Waals surface area contributed by atoms with E-state index in [2.05, 4.69) is 9.97 Å². The Balaban J connectivity index is 0.00000294. The average Bonchev–Trinajstić information content (AvgIpc) is 3.18. The first-order chi connectivity index (χ1) is 18.1. The molecule has 0 saturated carbocycles. The van der Waals surface area contributed by atoms with Gasteiger partial charge in [-0.05, 0) is 58.4 Å². The van der Waals surface area contributed by atoms with E-state index in [1.54, 1.807) is 12.4 Å². The van der Waals surface area contributed by atoms with Gasteiger partial charge in [-0.3, -0.25) is 9.97 Å². The van der Waals surface area contributed by atoms with E-state index in [1.807, 2.05) is 79.7 Å². The van der Waals surface area contributed by atoms with Crippen LogP contribution in [0.4, 0.5) is 11.4 Å². The van der Waals surface area contributed by atoms with Gasteiger partial charge in [0.1, 0.15) is 12.2 Å². The van der Waals surface area contributed by atoms with Crippen LogP contribution >= 0.6 is 0 Å². The first kappa shape index (κ1) is 38.7. The van der Waals surface area contributed by atoms with Crippen molar-refractivity contribution >= 4 is 37.3 Å². The molecule has 0 amide bonds. The van der Waals surface area contributed by atoms with Gasteiger partial charge in [0.05, 0.1) is 37.0 Å². The molecule has 0 aromatic carbocycles. The minimum absolute atomic E-state index is 0. The number of allylic oxidation sites excluding steroid dienone is 4. The van der Waals surface area contributed by atoms with E-state index in [1.165, 1.54) is 0 Å². The summed E-state index contributed by atoms with van der Waals surface area (Å²) in [6, 6.07) is 7.52. The predicted octanol–water partition coefficient (Wildman–Crippen LogP) is 1.24. The summed E-state index contributed by atoms with van der Waals surface area (Å²) in [5, 5.41) is 0. The number of hydrogen-bond acceptors (Lipinski definition) is 9. The van der Waals surface area contributed by atoms with Crippen LogP contribution in [0.1, 0.15) is 66.8 Å². The number of hydrogen-bond donors (Lipinski definition) is 0. The van der Waals surface area contributed by atoms with Crippen molar-refractivity contribution in [2.45, 2.75) is 66.2 Å². The van der Waals surface area contributed by atoms with Crippen molar-refractivity contribution in [3.8, 4) is 0 Å². The Labute approximate surface area is 294 Å². The maximum absolute atomic E-state index is 11.2. The van der Waals surface area contributed by atoms with Gasteiger partial charge in [0.25, 0.3) is 0 Å². The summed E-state index contributed by atoms with van der Waals surface area (Å²) >= 11 is 0. The number of nitrogens with zero attached hydrogens (tertiary/aromatic N) is 4. The van der Waals surface area contributed by atoms with Crippen LogP contribution in [0.3, 0.4) is 0 Å². The Morgan fingerprint density at radius 1 is 0.881 bits per heavy atom. The molecular weight excluding hydrogens is 604 g/mol. The minimum atomic E-state index is -4.33. The van der Waals surface area contributed by atoms with Gasteiger partial charge < -0.3 is 14.0 Å². The summed E-state index contributed by atoms with van der Waals surface area (Å²) in [5.74, 6) is -0.901. The Bertz CT molecular complexity index is 1580. The van der Waals surface area contributed by atoms with E-state index in [4.69, 9.17) is 0 Å². The molecule has 2 aliphatic heterocycles. The molecule has 42 heavy (non-hydrogen) atoms. The molecule has 2 aromatic heterocycles. The molecule has 0 radical (unpaired) electrons. The average molecular weight is 645 g/mol. The van der Waals surface area contributed by atoms with Gasteiger partial charge in [-0.25, -0.2) is 16.8 Å². The van der Waals surface area contributed by atoms with Crippen molar-refractivity contribution in [2.24, 2.45) is 0 Å². The topological polar surface area (TPSA) is 146 Å². The summed E-state index contributed by atoms with van der Waals surface area (Å²) in [5.41, 5.74) is 4.34. The number of aromatic nitrogens is 2. The van der Waals surface area contributed by atoms with E-state index < -0.39 is 42.6 Å². The fourth-order valence-electron chi connectivity index (χ4n) is 5.48. The molecule has 2 aromatic rings. The van der Waals surface area contributed by atoms with Crippen LogP contribution in [0.5, 0.6) is 0 Å². The van der Waals surface area contributed by atoms with Crippen LogP contribution in [0.15, 0.2) is 60.6 Å². The van der Waals surface area contributed by atoms with Crippen LogP contribution in [0, 0.1) is 0 Å². The van der Waals surface area contributed by atoms with Crippen LogP contribution in [-0.2, 0) is 31.1 Å². The Hall–Kier alpha value is -1.29. The molecule has 0 spiro atoms. The van der Waals surface area contributed by atoms with Gasteiger partial charge in [-0.1, -0.05) is 20.9 Å². The Morgan fingerprint density at radius 3 is 2.07 bits per heavy atom. The number of pyridine rings is 2. The van der Waals surface area contributed by atoms with Gasteiger partial charge in [-0.15, -0.1) is 0 Å². The van der Waals surface area contributed by atoms with Crippen molar-refractivity contribution in [3.63, 3.8) is 0 Å². The molecule has 0 unspecified atom stereocenters. The Kier molecular flexibility index (Phi) is 13.5. The van der Waals surface area contributed by atoms with Crippen molar-refractivity contribution in [1.29, 1.82) is 0 Å². The zero-order chi connectivity index (χ0) is 28.6. The second-order valence-corrected chi connectivity index (χ2v) is 13.9. The van der Waals surface area contributed by atoms with E-state index in [9.17, 15) is 25.9 Å². The molecule has 10 nitrogen and oxygen atoms in total. The van der Waals surface area contributed by atoms with E-state index in [-0.39, 0.29) is 79.1 Å². The standard InChI is InChI=1S/C27H34N4O6S2.2CH4.K/c1-26(2)22(30(16-8-18-38(32,33)34)20-10-6-14-28-24(20)26)12-5-13-23-27(3,4)25-21(11-7-15-29-25)31(23)17-9-19-39(35,36)37;;;/h5-7,10-15H,8-9,16-19H2,1-4H3,(H-,32,33,34,35,36,37);2*1H4;/q;;;+1/p-1. The predicted molar refractivity (Wildman–Crippen MR) is 161 cm³/mol. The molecule has 0 bridgehead atoms. The molecule has 4 heterocycles. The van der Waals surface area contributed by atoms with Gasteiger partial charge in [-0.2, -0.15) is 4.58 Å². The molecule has 0 aliphatic carbocycles. The summed E-state index contributed by atoms with van der Waals surface area (Å²) in [7, 11) is -8.66. The molecule has 0 atom stereocenters. The molecular formula is C29H41KN4O6S2. The van der Waals surface area contributed by atoms with Gasteiger partial charge in [0.2, 0.25) is 5.69 Å². The first-order valence-electron chi connectivity index (χ1n) is 12.7.